The Morgan fingerprint density at radius 2 is 1.71 bits per heavy atom. The molecule has 0 radical (unpaired) electrons. The van der Waals surface area contributed by atoms with Gasteiger partial charge in [-0.2, -0.15) is 0 Å². The van der Waals surface area contributed by atoms with Crippen molar-refractivity contribution in [3.05, 3.63) is 0 Å². The molecule has 1 aliphatic carbocycles. The molecule has 0 unspecified atom stereocenters. The van der Waals surface area contributed by atoms with Crippen LogP contribution >= 0.6 is 0 Å². The molecule has 2 aliphatic rings. The van der Waals surface area contributed by atoms with Crippen molar-refractivity contribution < 1.29 is 18.3 Å². The molecule has 0 spiro atoms. The summed E-state index contributed by atoms with van der Waals surface area (Å²) in [7, 11) is -3.59. The summed E-state index contributed by atoms with van der Waals surface area (Å²) in [6.45, 7) is 0.967. The van der Waals surface area contributed by atoms with E-state index in [2.05, 4.69) is 0 Å². The van der Waals surface area contributed by atoms with Crippen LogP contribution in [0.5, 0.6) is 0 Å². The van der Waals surface area contributed by atoms with E-state index in [1.54, 1.807) is 0 Å². The summed E-state index contributed by atoms with van der Waals surface area (Å²) in [4.78, 5) is 10.9. The zero-order valence-corrected chi connectivity index (χ0v) is 8.59. The lowest BCUT2D eigenvalue weighted by atomic mass is 10.4. The van der Waals surface area contributed by atoms with E-state index in [0.29, 0.717) is 13.1 Å². The monoisotopic (exact) mass is 219 g/mol. The largest absolute Gasteiger partial charge is 0.480 e. The van der Waals surface area contributed by atoms with Crippen molar-refractivity contribution in [2.75, 3.05) is 13.1 Å². The van der Waals surface area contributed by atoms with Gasteiger partial charge >= 0.3 is 5.97 Å². The Hall–Kier alpha value is -0.620. The first kappa shape index (κ1) is 9.92. The highest BCUT2D eigenvalue weighted by atomic mass is 32.2. The minimum absolute atomic E-state index is 0.265. The van der Waals surface area contributed by atoms with Crippen LogP contribution in [-0.2, 0) is 14.8 Å². The number of sulfonamides is 1. The van der Waals surface area contributed by atoms with Crippen molar-refractivity contribution in [3.63, 3.8) is 0 Å². The third-order valence-corrected chi connectivity index (χ3v) is 5.61. The topological polar surface area (TPSA) is 74.7 Å². The van der Waals surface area contributed by atoms with Gasteiger partial charge in [0.1, 0.15) is 0 Å². The Labute approximate surface area is 82.8 Å². The predicted octanol–water partition coefficient (Wildman–Crippen LogP) is 0.0292. The minimum atomic E-state index is -3.59. The molecule has 6 heteroatoms. The first-order valence-corrected chi connectivity index (χ1v) is 6.18. The van der Waals surface area contributed by atoms with Gasteiger partial charge in [0.2, 0.25) is 10.0 Å². The summed E-state index contributed by atoms with van der Waals surface area (Å²) >= 11 is 0. The number of hydrogen-bond donors (Lipinski definition) is 1. The molecule has 0 aromatic heterocycles. The number of carbonyl (C=O) groups is 1. The normalized spacial score (nSPS) is 26.3. The zero-order valence-electron chi connectivity index (χ0n) is 7.77. The van der Waals surface area contributed by atoms with E-state index < -0.39 is 20.7 Å². The Balaban J connectivity index is 2.28. The van der Waals surface area contributed by atoms with E-state index in [1.165, 1.54) is 4.31 Å². The number of hydrogen-bond acceptors (Lipinski definition) is 3. The van der Waals surface area contributed by atoms with E-state index in [4.69, 9.17) is 5.11 Å². The van der Waals surface area contributed by atoms with Crippen LogP contribution in [0.2, 0.25) is 0 Å². The number of nitrogens with zero attached hydrogens (tertiary/aromatic N) is 1. The second-order valence-electron chi connectivity index (χ2n) is 3.91. The van der Waals surface area contributed by atoms with Gasteiger partial charge in [-0.3, -0.25) is 4.79 Å². The Kier molecular flexibility index (Phi) is 2.08. The average molecular weight is 219 g/mol. The van der Waals surface area contributed by atoms with Crippen molar-refractivity contribution in [3.8, 4) is 0 Å². The van der Waals surface area contributed by atoms with Crippen LogP contribution in [0.4, 0.5) is 0 Å². The molecular formula is C8H13NO4S. The number of aliphatic carboxylic acids is 1. The third-order valence-electron chi connectivity index (χ3n) is 2.99. The zero-order chi connectivity index (χ0) is 10.4. The highest BCUT2D eigenvalue weighted by Crippen LogP contribution is 2.46. The van der Waals surface area contributed by atoms with E-state index in [0.717, 1.165) is 12.8 Å². The molecule has 0 aromatic rings. The van der Waals surface area contributed by atoms with Gasteiger partial charge in [0.25, 0.3) is 0 Å². The fraction of sp³-hybridized carbons (Fsp3) is 0.875. The van der Waals surface area contributed by atoms with Crippen LogP contribution in [-0.4, -0.2) is 41.6 Å². The van der Waals surface area contributed by atoms with Gasteiger partial charge in [0.05, 0.1) is 0 Å². The van der Waals surface area contributed by atoms with Crippen LogP contribution in [0, 0.1) is 0 Å². The predicted molar refractivity (Wildman–Crippen MR) is 49.3 cm³/mol. The Morgan fingerprint density at radius 1 is 1.21 bits per heavy atom. The first-order chi connectivity index (χ1) is 6.51. The molecule has 0 atom stereocenters. The average Bonchev–Trinajstić information content (AvgIpc) is 2.75. The summed E-state index contributed by atoms with van der Waals surface area (Å²) in [6.07, 6.45) is 2.21. The van der Waals surface area contributed by atoms with E-state index >= 15 is 0 Å². The van der Waals surface area contributed by atoms with Gasteiger partial charge in [0.15, 0.2) is 4.75 Å². The Bertz CT molecular complexity index is 352. The second kappa shape index (κ2) is 2.93. The van der Waals surface area contributed by atoms with Crippen molar-refractivity contribution in [2.45, 2.75) is 30.4 Å². The fourth-order valence-electron chi connectivity index (χ4n) is 1.87. The van der Waals surface area contributed by atoms with Crippen molar-refractivity contribution in [1.82, 2.24) is 4.31 Å². The molecule has 1 saturated carbocycles. The maximum atomic E-state index is 11.9. The van der Waals surface area contributed by atoms with Crippen molar-refractivity contribution >= 4 is 16.0 Å². The van der Waals surface area contributed by atoms with Crippen LogP contribution in [0.25, 0.3) is 0 Å². The molecule has 14 heavy (non-hydrogen) atoms. The molecule has 0 aromatic carbocycles. The molecule has 1 aliphatic heterocycles. The Morgan fingerprint density at radius 3 is 2.07 bits per heavy atom. The lowest BCUT2D eigenvalue weighted by Crippen LogP contribution is -2.43. The van der Waals surface area contributed by atoms with Crippen molar-refractivity contribution in [1.29, 1.82) is 0 Å². The summed E-state index contributed by atoms with van der Waals surface area (Å²) in [6, 6.07) is 0. The molecule has 0 amide bonds. The smallest absolute Gasteiger partial charge is 0.326 e. The van der Waals surface area contributed by atoms with E-state index in [-0.39, 0.29) is 12.8 Å². The number of carboxylic acid groups (broad SMARTS) is 1. The van der Waals surface area contributed by atoms with E-state index in [1.807, 2.05) is 0 Å². The third kappa shape index (κ3) is 1.17. The summed E-state index contributed by atoms with van der Waals surface area (Å²) in [5.74, 6) is -1.19. The molecule has 1 heterocycles. The van der Waals surface area contributed by atoms with Gasteiger partial charge in [-0.1, -0.05) is 0 Å². The lowest BCUT2D eigenvalue weighted by Gasteiger charge is -2.20. The highest BCUT2D eigenvalue weighted by Gasteiger charge is 2.63. The van der Waals surface area contributed by atoms with Gasteiger partial charge in [-0.05, 0) is 25.7 Å². The molecule has 2 fully saturated rings. The van der Waals surface area contributed by atoms with E-state index in [9.17, 15) is 13.2 Å². The molecule has 5 nitrogen and oxygen atoms in total. The van der Waals surface area contributed by atoms with Gasteiger partial charge in [0, 0.05) is 13.1 Å². The summed E-state index contributed by atoms with van der Waals surface area (Å²) < 4.78 is 23.7. The fourth-order valence-corrected chi connectivity index (χ4v) is 3.94. The van der Waals surface area contributed by atoms with Crippen LogP contribution in [0.3, 0.4) is 0 Å². The number of rotatable bonds is 3. The maximum Gasteiger partial charge on any atom is 0.326 e. The van der Waals surface area contributed by atoms with Crippen LogP contribution in [0.15, 0.2) is 0 Å². The lowest BCUT2D eigenvalue weighted by molar-refractivity contribution is -0.137. The molecular weight excluding hydrogens is 206 g/mol. The molecule has 0 bridgehead atoms. The summed E-state index contributed by atoms with van der Waals surface area (Å²) in [5.41, 5.74) is 0. The van der Waals surface area contributed by atoms with Crippen LogP contribution < -0.4 is 0 Å². The van der Waals surface area contributed by atoms with Gasteiger partial charge in [-0.15, -0.1) is 0 Å². The first-order valence-electron chi connectivity index (χ1n) is 4.74. The van der Waals surface area contributed by atoms with Crippen molar-refractivity contribution in [2.24, 2.45) is 0 Å². The number of carboxylic acids is 1. The SMILES string of the molecule is O=C(O)C1(S(=O)(=O)N2CCCC2)CC1. The van der Waals surface area contributed by atoms with Gasteiger partial charge < -0.3 is 5.11 Å². The standard InChI is InChI=1S/C8H13NO4S/c10-7(11)8(3-4-8)14(12,13)9-5-1-2-6-9/h1-6H2,(H,10,11). The maximum absolute atomic E-state index is 11.9. The molecule has 1 N–H and O–H groups in total. The molecule has 2 rings (SSSR count). The molecule has 1 saturated heterocycles. The second-order valence-corrected chi connectivity index (χ2v) is 6.16. The van der Waals surface area contributed by atoms with Gasteiger partial charge in [-0.25, -0.2) is 12.7 Å². The summed E-state index contributed by atoms with van der Waals surface area (Å²) in [5, 5.41) is 8.89. The highest BCUT2D eigenvalue weighted by molar-refractivity contribution is 7.91. The minimum Gasteiger partial charge on any atom is -0.480 e. The van der Waals surface area contributed by atoms with Crippen LogP contribution in [0.1, 0.15) is 25.7 Å². The molecule has 80 valence electrons. The quantitative estimate of drug-likeness (QED) is 0.726.